The zero-order valence-corrected chi connectivity index (χ0v) is 15.2. The van der Waals surface area contributed by atoms with Crippen LogP contribution in [0.15, 0.2) is 12.4 Å². The molecule has 132 valence electrons. The van der Waals surface area contributed by atoms with Gasteiger partial charge in [0.05, 0.1) is 11.4 Å². The van der Waals surface area contributed by atoms with Crippen LogP contribution in [0.2, 0.25) is 0 Å². The lowest BCUT2D eigenvalue weighted by molar-refractivity contribution is 0.0152. The normalized spacial score (nSPS) is 24.8. The van der Waals surface area contributed by atoms with Crippen LogP contribution < -0.4 is 0 Å². The van der Waals surface area contributed by atoms with E-state index in [1.54, 1.807) is 0 Å². The fourth-order valence-corrected chi connectivity index (χ4v) is 3.63. The maximum Gasteiger partial charge on any atom is 0.410 e. The third kappa shape index (κ3) is 4.04. The molecule has 0 radical (unpaired) electrons. The number of fused-ring (bicyclic) bond motifs is 2. The van der Waals surface area contributed by atoms with Crippen LogP contribution in [-0.4, -0.2) is 56.6 Å². The molecule has 2 unspecified atom stereocenters. The molecule has 3 rings (SSSR count). The Morgan fingerprint density at radius 2 is 1.96 bits per heavy atom. The molecule has 2 saturated heterocycles. The number of carbonyl (C=O) groups is 1. The van der Waals surface area contributed by atoms with Crippen LogP contribution in [0.25, 0.3) is 0 Å². The lowest BCUT2D eigenvalue weighted by Gasteiger charge is -2.31. The minimum Gasteiger partial charge on any atom is -0.444 e. The van der Waals surface area contributed by atoms with Crippen molar-refractivity contribution in [3.63, 3.8) is 0 Å². The van der Waals surface area contributed by atoms with Crippen LogP contribution in [0.3, 0.4) is 0 Å². The second kappa shape index (κ2) is 6.67. The van der Waals surface area contributed by atoms with Crippen molar-refractivity contribution in [3.05, 3.63) is 23.8 Å². The minimum absolute atomic E-state index is 0.160. The van der Waals surface area contributed by atoms with Crippen molar-refractivity contribution in [3.8, 4) is 0 Å². The van der Waals surface area contributed by atoms with Crippen LogP contribution in [0.5, 0.6) is 0 Å². The highest BCUT2D eigenvalue weighted by Gasteiger charge is 2.41. The predicted octanol–water partition coefficient (Wildman–Crippen LogP) is 2.76. The first-order valence-electron chi connectivity index (χ1n) is 8.83. The van der Waals surface area contributed by atoms with Crippen molar-refractivity contribution in [2.45, 2.75) is 71.2 Å². The van der Waals surface area contributed by atoms with Crippen LogP contribution in [0, 0.1) is 6.92 Å². The van der Waals surface area contributed by atoms with Gasteiger partial charge in [0.2, 0.25) is 0 Å². The monoisotopic (exact) mass is 332 g/mol. The maximum atomic E-state index is 12.6. The molecular formula is C18H28N4O2. The molecule has 0 saturated carbocycles. The summed E-state index contributed by atoms with van der Waals surface area (Å²) in [4.78, 5) is 25.8. The number of hydrogen-bond acceptors (Lipinski definition) is 5. The Labute approximate surface area is 144 Å². The average Bonchev–Trinajstić information content (AvgIpc) is 2.77. The van der Waals surface area contributed by atoms with E-state index >= 15 is 0 Å². The van der Waals surface area contributed by atoms with Crippen molar-refractivity contribution in [2.75, 3.05) is 13.1 Å². The Kier molecular flexibility index (Phi) is 4.76. The number of likely N-dealkylation sites (tertiary alicyclic amines) is 1. The van der Waals surface area contributed by atoms with E-state index in [0.29, 0.717) is 6.04 Å². The predicted molar refractivity (Wildman–Crippen MR) is 91.5 cm³/mol. The molecule has 0 aromatic carbocycles. The summed E-state index contributed by atoms with van der Waals surface area (Å²) in [5.41, 5.74) is 1.48. The van der Waals surface area contributed by atoms with E-state index in [4.69, 9.17) is 4.74 Å². The zero-order chi connectivity index (χ0) is 17.3. The highest BCUT2D eigenvalue weighted by molar-refractivity contribution is 5.69. The molecule has 2 aliphatic rings. The van der Waals surface area contributed by atoms with E-state index < -0.39 is 5.60 Å². The second-order valence-electron chi connectivity index (χ2n) is 7.95. The largest absolute Gasteiger partial charge is 0.444 e. The van der Waals surface area contributed by atoms with Crippen molar-refractivity contribution >= 4 is 6.09 Å². The van der Waals surface area contributed by atoms with Crippen molar-refractivity contribution in [1.82, 2.24) is 19.8 Å². The summed E-state index contributed by atoms with van der Waals surface area (Å²) in [6.45, 7) is 10.4. The third-order valence-electron chi connectivity index (χ3n) is 4.69. The van der Waals surface area contributed by atoms with Gasteiger partial charge in [-0.2, -0.15) is 0 Å². The molecule has 6 nitrogen and oxygen atoms in total. The molecule has 2 fully saturated rings. The van der Waals surface area contributed by atoms with Crippen LogP contribution >= 0.6 is 0 Å². The molecule has 2 aliphatic heterocycles. The number of hydrogen-bond donors (Lipinski definition) is 0. The lowest BCUT2D eigenvalue weighted by Crippen LogP contribution is -2.45. The number of ether oxygens (including phenoxy) is 1. The molecule has 0 spiro atoms. The lowest BCUT2D eigenvalue weighted by atomic mass is 10.1. The number of carbonyl (C=O) groups excluding carboxylic acids is 1. The number of aromatic nitrogens is 2. The van der Waals surface area contributed by atoms with Gasteiger partial charge in [0.25, 0.3) is 0 Å². The minimum atomic E-state index is -0.444. The Morgan fingerprint density at radius 1 is 1.21 bits per heavy atom. The van der Waals surface area contributed by atoms with Gasteiger partial charge in [0.1, 0.15) is 5.60 Å². The van der Waals surface area contributed by atoms with Crippen LogP contribution in [0.4, 0.5) is 4.79 Å². The van der Waals surface area contributed by atoms with Crippen molar-refractivity contribution in [2.24, 2.45) is 0 Å². The number of amides is 1. The van der Waals surface area contributed by atoms with E-state index in [2.05, 4.69) is 14.9 Å². The number of rotatable bonds is 2. The second-order valence-corrected chi connectivity index (χ2v) is 7.95. The Balaban J connectivity index is 1.66. The Morgan fingerprint density at radius 3 is 2.62 bits per heavy atom. The van der Waals surface area contributed by atoms with E-state index in [1.165, 1.54) is 0 Å². The average molecular weight is 332 g/mol. The van der Waals surface area contributed by atoms with Crippen LogP contribution in [-0.2, 0) is 11.3 Å². The number of nitrogens with zero attached hydrogens (tertiary/aromatic N) is 4. The highest BCUT2D eigenvalue weighted by Crippen LogP contribution is 2.32. The molecule has 6 heteroatoms. The first-order chi connectivity index (χ1) is 11.3. The van der Waals surface area contributed by atoms with Gasteiger partial charge < -0.3 is 9.64 Å². The van der Waals surface area contributed by atoms with E-state index in [1.807, 2.05) is 45.0 Å². The Hall–Kier alpha value is -1.69. The molecular weight excluding hydrogens is 304 g/mol. The molecule has 1 aromatic rings. The van der Waals surface area contributed by atoms with Gasteiger partial charge in [-0.15, -0.1) is 0 Å². The van der Waals surface area contributed by atoms with Crippen molar-refractivity contribution in [1.29, 1.82) is 0 Å². The topological polar surface area (TPSA) is 58.6 Å². The summed E-state index contributed by atoms with van der Waals surface area (Å²) in [6.07, 6.45) is 6.64. The quantitative estimate of drug-likeness (QED) is 0.833. The molecule has 0 aliphatic carbocycles. The van der Waals surface area contributed by atoms with Gasteiger partial charge in [-0.05, 0) is 47.0 Å². The fraction of sp³-hybridized carbons (Fsp3) is 0.722. The molecule has 1 amide bonds. The zero-order valence-electron chi connectivity index (χ0n) is 15.2. The summed E-state index contributed by atoms with van der Waals surface area (Å²) in [7, 11) is 0. The third-order valence-corrected chi connectivity index (χ3v) is 4.69. The van der Waals surface area contributed by atoms with Crippen molar-refractivity contribution < 1.29 is 9.53 Å². The van der Waals surface area contributed by atoms with Gasteiger partial charge in [-0.3, -0.25) is 14.9 Å². The molecule has 3 heterocycles. The molecule has 1 aromatic heterocycles. The molecule has 2 atom stereocenters. The van der Waals surface area contributed by atoms with E-state index in [-0.39, 0.29) is 12.1 Å². The Bertz CT molecular complexity index is 582. The fourth-order valence-electron chi connectivity index (χ4n) is 3.63. The first kappa shape index (κ1) is 17.1. The van der Waals surface area contributed by atoms with E-state index in [0.717, 1.165) is 50.3 Å². The van der Waals surface area contributed by atoms with E-state index in [9.17, 15) is 4.79 Å². The smallest absolute Gasteiger partial charge is 0.410 e. The summed E-state index contributed by atoms with van der Waals surface area (Å²) in [5.74, 6) is 0. The highest BCUT2D eigenvalue weighted by atomic mass is 16.6. The summed E-state index contributed by atoms with van der Waals surface area (Å²) in [6, 6.07) is 0.546. The molecule has 24 heavy (non-hydrogen) atoms. The molecule has 0 N–H and O–H groups in total. The van der Waals surface area contributed by atoms with Gasteiger partial charge in [-0.25, -0.2) is 4.79 Å². The summed E-state index contributed by atoms with van der Waals surface area (Å²) in [5, 5.41) is 0. The SMILES string of the molecule is Cc1cnc(CN2CCC3CCC(C2)N3C(=O)OC(C)(C)C)cn1. The summed E-state index contributed by atoms with van der Waals surface area (Å²) < 4.78 is 5.63. The van der Waals surface area contributed by atoms with Gasteiger partial charge in [-0.1, -0.05) is 0 Å². The number of aryl methyl sites for hydroxylation is 1. The van der Waals surface area contributed by atoms with Gasteiger partial charge in [0, 0.05) is 44.1 Å². The summed E-state index contributed by atoms with van der Waals surface area (Å²) >= 11 is 0. The van der Waals surface area contributed by atoms with Crippen LogP contribution in [0.1, 0.15) is 51.4 Å². The van der Waals surface area contributed by atoms with Gasteiger partial charge in [0.15, 0.2) is 0 Å². The first-order valence-corrected chi connectivity index (χ1v) is 8.83. The maximum absolute atomic E-state index is 12.6. The van der Waals surface area contributed by atoms with Gasteiger partial charge >= 0.3 is 6.09 Å². The molecule has 2 bridgehead atoms. The standard InChI is InChI=1S/C18H28N4O2/c1-13-9-20-14(10-19-13)11-21-8-7-15-5-6-16(12-21)22(15)17(23)24-18(2,3)4/h9-10,15-16H,5-8,11-12H2,1-4H3.